The van der Waals surface area contributed by atoms with Crippen LogP contribution in [-0.4, -0.2) is 13.1 Å². The van der Waals surface area contributed by atoms with Gasteiger partial charge in [-0.3, -0.25) is 0 Å². The molecule has 0 aliphatic carbocycles. The van der Waals surface area contributed by atoms with Gasteiger partial charge in [0.25, 0.3) is 0 Å². The molecule has 1 aromatic heterocycles. The number of nitrogens with one attached hydrogen (secondary N) is 1. The molecule has 2 rings (SSSR count). The molecule has 1 aliphatic rings. The van der Waals surface area contributed by atoms with Crippen molar-refractivity contribution in [3.63, 3.8) is 0 Å². The highest BCUT2D eigenvalue weighted by atomic mass is 79.9. The maximum Gasteiger partial charge on any atom is 0.0733 e. The molecule has 1 atom stereocenters. The highest BCUT2D eigenvalue weighted by Gasteiger charge is 2.18. The lowest BCUT2D eigenvalue weighted by Crippen LogP contribution is -2.07. The van der Waals surface area contributed by atoms with Crippen molar-refractivity contribution in [3.05, 3.63) is 20.8 Å². The summed E-state index contributed by atoms with van der Waals surface area (Å²) in [6.07, 6.45) is 1.29. The minimum Gasteiger partial charge on any atom is -0.316 e. The fourth-order valence-corrected chi connectivity index (χ4v) is 3.00. The Balaban J connectivity index is 2.21. The van der Waals surface area contributed by atoms with Crippen molar-refractivity contribution in [3.8, 4) is 0 Å². The number of rotatable bonds is 1. The molecule has 11 heavy (non-hydrogen) atoms. The van der Waals surface area contributed by atoms with Gasteiger partial charge in [-0.15, -0.1) is 11.3 Å². The van der Waals surface area contributed by atoms with E-state index in [1.165, 1.54) is 22.3 Å². The largest absolute Gasteiger partial charge is 0.316 e. The molecule has 60 valence electrons. The predicted molar refractivity (Wildman–Crippen MR) is 52.2 cm³/mol. The van der Waals surface area contributed by atoms with Crippen molar-refractivity contribution in [2.75, 3.05) is 13.1 Å². The third-order valence-corrected chi connectivity index (χ3v) is 3.88. The second kappa shape index (κ2) is 3.25. The van der Waals surface area contributed by atoms with E-state index in [2.05, 4.69) is 32.7 Å². The topological polar surface area (TPSA) is 12.0 Å². The summed E-state index contributed by atoms with van der Waals surface area (Å²) in [5, 5.41) is 5.52. The molecule has 1 unspecified atom stereocenters. The molecule has 1 fully saturated rings. The Morgan fingerprint density at radius 2 is 2.55 bits per heavy atom. The summed E-state index contributed by atoms with van der Waals surface area (Å²) in [6.45, 7) is 2.32. The lowest BCUT2D eigenvalue weighted by molar-refractivity contribution is 0.764. The van der Waals surface area contributed by atoms with Crippen LogP contribution in [0.4, 0.5) is 0 Å². The highest BCUT2D eigenvalue weighted by Crippen LogP contribution is 2.32. The van der Waals surface area contributed by atoms with Gasteiger partial charge in [0.05, 0.1) is 3.79 Å². The molecule has 1 aromatic rings. The first-order valence-corrected chi connectivity index (χ1v) is 5.49. The van der Waals surface area contributed by atoms with Crippen LogP contribution >= 0.6 is 27.3 Å². The molecule has 1 saturated heterocycles. The van der Waals surface area contributed by atoms with Crippen molar-refractivity contribution < 1.29 is 0 Å². The van der Waals surface area contributed by atoms with Crippen LogP contribution in [0.25, 0.3) is 0 Å². The van der Waals surface area contributed by atoms with Gasteiger partial charge < -0.3 is 5.32 Å². The van der Waals surface area contributed by atoms with E-state index in [9.17, 15) is 0 Å². The zero-order chi connectivity index (χ0) is 7.68. The Kier molecular flexibility index (Phi) is 2.30. The van der Waals surface area contributed by atoms with Crippen LogP contribution in [-0.2, 0) is 0 Å². The summed E-state index contributed by atoms with van der Waals surface area (Å²) in [5.41, 5.74) is 1.49. The molecule has 2 heterocycles. The Morgan fingerprint density at radius 1 is 1.64 bits per heavy atom. The first-order chi connectivity index (χ1) is 5.38. The van der Waals surface area contributed by atoms with E-state index < -0.39 is 0 Å². The van der Waals surface area contributed by atoms with Crippen LogP contribution in [0.5, 0.6) is 0 Å². The van der Waals surface area contributed by atoms with E-state index >= 15 is 0 Å². The van der Waals surface area contributed by atoms with Crippen LogP contribution in [0.15, 0.2) is 15.2 Å². The third-order valence-electron chi connectivity index (χ3n) is 2.15. The van der Waals surface area contributed by atoms with Crippen LogP contribution in [0.3, 0.4) is 0 Å². The molecule has 3 heteroatoms. The van der Waals surface area contributed by atoms with Crippen LogP contribution < -0.4 is 5.32 Å². The standard InChI is InChI=1S/C8H10BrNS/c9-8-7(2-4-11-8)6-1-3-10-5-6/h2,4,6,10H,1,3,5H2. The quantitative estimate of drug-likeness (QED) is 0.784. The Hall–Kier alpha value is 0.140. The SMILES string of the molecule is Brc1sccc1C1CCNC1. The van der Waals surface area contributed by atoms with Gasteiger partial charge >= 0.3 is 0 Å². The molecule has 0 radical (unpaired) electrons. The number of halogens is 1. The Labute approximate surface area is 78.9 Å². The van der Waals surface area contributed by atoms with Gasteiger partial charge in [0.1, 0.15) is 0 Å². The fourth-order valence-electron chi connectivity index (χ4n) is 1.52. The molecular weight excluding hydrogens is 222 g/mol. The third kappa shape index (κ3) is 1.50. The number of hydrogen-bond acceptors (Lipinski definition) is 2. The zero-order valence-corrected chi connectivity index (χ0v) is 8.54. The average molecular weight is 232 g/mol. The number of hydrogen-bond donors (Lipinski definition) is 1. The van der Waals surface area contributed by atoms with Gasteiger partial charge in [0.2, 0.25) is 0 Å². The van der Waals surface area contributed by atoms with Crippen molar-refractivity contribution in [1.29, 1.82) is 0 Å². The summed E-state index contributed by atoms with van der Waals surface area (Å²) in [4.78, 5) is 0. The summed E-state index contributed by atoms with van der Waals surface area (Å²) in [6, 6.07) is 2.23. The molecule has 0 aromatic carbocycles. The summed E-state index contributed by atoms with van der Waals surface area (Å²) in [7, 11) is 0. The van der Waals surface area contributed by atoms with E-state index in [-0.39, 0.29) is 0 Å². The first kappa shape index (κ1) is 7.77. The highest BCUT2D eigenvalue weighted by molar-refractivity contribution is 9.11. The van der Waals surface area contributed by atoms with Gasteiger partial charge in [-0.1, -0.05) is 0 Å². The fraction of sp³-hybridized carbons (Fsp3) is 0.500. The van der Waals surface area contributed by atoms with Crippen molar-refractivity contribution in [2.24, 2.45) is 0 Å². The molecule has 0 saturated carbocycles. The second-order valence-electron chi connectivity index (χ2n) is 2.84. The molecular formula is C8H10BrNS. The van der Waals surface area contributed by atoms with Gasteiger partial charge in [-0.2, -0.15) is 0 Å². The maximum atomic E-state index is 3.57. The monoisotopic (exact) mass is 231 g/mol. The van der Waals surface area contributed by atoms with Crippen molar-refractivity contribution >= 4 is 27.3 Å². The Bertz CT molecular complexity index is 240. The van der Waals surface area contributed by atoms with E-state index in [4.69, 9.17) is 0 Å². The molecule has 1 aliphatic heterocycles. The molecule has 0 amide bonds. The molecule has 1 nitrogen and oxygen atoms in total. The maximum absolute atomic E-state index is 3.57. The number of thiophene rings is 1. The summed E-state index contributed by atoms with van der Waals surface area (Å²) >= 11 is 5.35. The van der Waals surface area contributed by atoms with Crippen molar-refractivity contribution in [1.82, 2.24) is 5.32 Å². The molecule has 0 spiro atoms. The lowest BCUT2D eigenvalue weighted by atomic mass is 10.0. The van der Waals surface area contributed by atoms with E-state index in [1.54, 1.807) is 11.3 Å². The van der Waals surface area contributed by atoms with Gasteiger partial charge in [0.15, 0.2) is 0 Å². The molecule has 0 bridgehead atoms. The van der Waals surface area contributed by atoms with E-state index in [0.29, 0.717) is 0 Å². The summed E-state index contributed by atoms with van der Waals surface area (Å²) < 4.78 is 1.31. The minimum absolute atomic E-state index is 0.746. The van der Waals surface area contributed by atoms with Gasteiger partial charge in [-0.05, 0) is 51.8 Å². The Morgan fingerprint density at radius 3 is 3.09 bits per heavy atom. The smallest absolute Gasteiger partial charge is 0.0733 e. The normalized spacial score (nSPS) is 24.3. The predicted octanol–water partition coefficient (Wildman–Crippen LogP) is 2.59. The van der Waals surface area contributed by atoms with Crippen molar-refractivity contribution in [2.45, 2.75) is 12.3 Å². The van der Waals surface area contributed by atoms with E-state index in [0.717, 1.165) is 12.5 Å². The van der Waals surface area contributed by atoms with Gasteiger partial charge in [0, 0.05) is 6.54 Å². The van der Waals surface area contributed by atoms with Crippen LogP contribution in [0, 0.1) is 0 Å². The summed E-state index contributed by atoms with van der Waals surface area (Å²) in [5.74, 6) is 0.746. The second-order valence-corrected chi connectivity index (χ2v) is 5.07. The lowest BCUT2D eigenvalue weighted by Gasteiger charge is -2.05. The van der Waals surface area contributed by atoms with Gasteiger partial charge in [-0.25, -0.2) is 0 Å². The van der Waals surface area contributed by atoms with Crippen LogP contribution in [0.2, 0.25) is 0 Å². The first-order valence-electron chi connectivity index (χ1n) is 3.81. The average Bonchev–Trinajstić information content (AvgIpc) is 2.55. The van der Waals surface area contributed by atoms with E-state index in [1.807, 2.05) is 0 Å². The minimum atomic E-state index is 0.746. The zero-order valence-electron chi connectivity index (χ0n) is 6.14. The van der Waals surface area contributed by atoms with Crippen LogP contribution in [0.1, 0.15) is 17.9 Å². The molecule has 1 N–H and O–H groups in total.